The van der Waals surface area contributed by atoms with Crippen LogP contribution in [0, 0.1) is 0 Å². The maximum absolute atomic E-state index is 9.49. The molecular weight excluding hydrogens is 223 g/mol. The monoisotopic (exact) mass is 234 g/mol. The van der Waals surface area contributed by atoms with Gasteiger partial charge in [0.15, 0.2) is 0 Å². The number of benzene rings is 3. The summed E-state index contributed by atoms with van der Waals surface area (Å²) in [6.45, 7) is 0. The molecule has 1 aliphatic carbocycles. The Morgan fingerprint density at radius 3 is 2.28 bits per heavy atom. The van der Waals surface area contributed by atoms with Crippen molar-refractivity contribution in [2.45, 2.75) is 5.82 Å². The van der Waals surface area contributed by atoms with Crippen molar-refractivity contribution in [2.24, 2.45) is 0 Å². The molecule has 86 valence electrons. The summed E-state index contributed by atoms with van der Waals surface area (Å²) in [5.41, 5.74) is 1.02. The maximum atomic E-state index is 9.49. The molecule has 0 saturated heterocycles. The van der Waals surface area contributed by atoms with Gasteiger partial charge in [-0.1, -0.05) is 48.5 Å². The van der Waals surface area contributed by atoms with Crippen LogP contribution in [0.25, 0.3) is 27.6 Å². The van der Waals surface area contributed by atoms with Crippen molar-refractivity contribution >= 4 is 34.7 Å². The predicted octanol–water partition coefficient (Wildman–Crippen LogP) is 1.60. The molecule has 0 aliphatic heterocycles. The zero-order valence-corrected chi connectivity index (χ0v) is 9.67. The molecule has 2 nitrogen and oxygen atoms in total. The van der Waals surface area contributed by atoms with E-state index in [4.69, 9.17) is 0 Å². The van der Waals surface area contributed by atoms with Gasteiger partial charge in [-0.3, -0.25) is 0 Å². The fourth-order valence-electron chi connectivity index (χ4n) is 3.08. The van der Waals surface area contributed by atoms with Gasteiger partial charge in [0.25, 0.3) is 0 Å². The van der Waals surface area contributed by atoms with Crippen LogP contribution >= 0.6 is 0 Å². The van der Waals surface area contributed by atoms with Gasteiger partial charge in [0.05, 0.1) is 0 Å². The largest absolute Gasteiger partial charge is 0.463 e. The summed E-state index contributed by atoms with van der Waals surface area (Å²) in [5, 5.41) is 24.9. The molecule has 4 rings (SSSR count). The van der Waals surface area contributed by atoms with Gasteiger partial charge in [-0.15, -0.1) is 0 Å². The van der Waals surface area contributed by atoms with Crippen LogP contribution in [0.4, 0.5) is 0 Å². The number of hydrogen-bond acceptors (Lipinski definition) is 2. The first-order valence-electron chi connectivity index (χ1n) is 6.08. The van der Waals surface area contributed by atoms with E-state index in [0.717, 1.165) is 10.8 Å². The highest BCUT2D eigenvalue weighted by Crippen LogP contribution is 2.34. The lowest BCUT2D eigenvalue weighted by Gasteiger charge is -2.11. The normalized spacial score (nSPS) is 17.3. The Balaban J connectivity index is 2.25. The van der Waals surface area contributed by atoms with Gasteiger partial charge < -0.3 is 10.0 Å². The molecule has 3 aromatic rings. The van der Waals surface area contributed by atoms with Crippen molar-refractivity contribution < 1.29 is 10.0 Å². The van der Waals surface area contributed by atoms with E-state index < -0.39 is 7.12 Å². The lowest BCUT2D eigenvalue weighted by molar-refractivity contribution is 0.400. The minimum Gasteiger partial charge on any atom is -0.426 e. The Labute approximate surface area is 104 Å². The van der Waals surface area contributed by atoms with Crippen LogP contribution < -0.4 is 5.22 Å². The molecule has 0 fully saturated rings. The van der Waals surface area contributed by atoms with Crippen LogP contribution in [-0.2, 0) is 0 Å². The highest BCUT2D eigenvalue weighted by molar-refractivity contribution is 6.46. The molecule has 0 spiro atoms. The number of rotatable bonds is 1. The molecule has 0 aromatic heterocycles. The molecule has 3 aromatic carbocycles. The average Bonchev–Trinajstić information content (AvgIpc) is 2.77. The van der Waals surface area contributed by atoms with Gasteiger partial charge in [0.2, 0.25) is 0 Å². The highest BCUT2D eigenvalue weighted by Gasteiger charge is 2.28. The minimum absolute atomic E-state index is 0.310. The van der Waals surface area contributed by atoms with Gasteiger partial charge in [0, 0.05) is 5.82 Å². The van der Waals surface area contributed by atoms with Gasteiger partial charge in [-0.05, 0) is 32.3 Å². The van der Waals surface area contributed by atoms with Crippen LogP contribution in [0.1, 0.15) is 11.4 Å². The van der Waals surface area contributed by atoms with Crippen LogP contribution in [0.2, 0.25) is 0 Å². The SMILES string of the molecule is OB(O)C1C=c2ccc3cccc4ccc1c2c43. The summed E-state index contributed by atoms with van der Waals surface area (Å²) in [5.74, 6) is -0.310. The Hall–Kier alpha value is -1.84. The van der Waals surface area contributed by atoms with Crippen molar-refractivity contribution in [3.8, 4) is 0 Å². The molecule has 3 heteroatoms. The van der Waals surface area contributed by atoms with Crippen molar-refractivity contribution in [3.63, 3.8) is 0 Å². The van der Waals surface area contributed by atoms with Crippen LogP contribution in [0.5, 0.6) is 0 Å². The fraction of sp³-hybridized carbons (Fsp3) is 0.0667. The second kappa shape index (κ2) is 3.34. The van der Waals surface area contributed by atoms with E-state index in [2.05, 4.69) is 36.4 Å². The second-order valence-electron chi connectivity index (χ2n) is 4.87. The van der Waals surface area contributed by atoms with Crippen molar-refractivity contribution in [1.29, 1.82) is 0 Å². The first-order valence-corrected chi connectivity index (χ1v) is 6.08. The Morgan fingerprint density at radius 2 is 1.56 bits per heavy atom. The summed E-state index contributed by atoms with van der Waals surface area (Å²) in [6.07, 6.45) is 1.95. The molecule has 0 amide bonds. The Kier molecular flexibility index (Phi) is 1.88. The summed E-state index contributed by atoms with van der Waals surface area (Å²) >= 11 is 0. The zero-order valence-electron chi connectivity index (χ0n) is 9.67. The van der Waals surface area contributed by atoms with E-state index in [1.165, 1.54) is 21.5 Å². The Bertz CT molecular complexity index is 807. The third-order valence-electron chi connectivity index (χ3n) is 3.88. The van der Waals surface area contributed by atoms with E-state index in [1.54, 1.807) is 0 Å². The third-order valence-corrected chi connectivity index (χ3v) is 3.88. The van der Waals surface area contributed by atoms with Crippen molar-refractivity contribution in [1.82, 2.24) is 0 Å². The smallest absolute Gasteiger partial charge is 0.426 e. The van der Waals surface area contributed by atoms with E-state index in [9.17, 15) is 10.0 Å². The van der Waals surface area contributed by atoms with Crippen LogP contribution in [0.3, 0.4) is 0 Å². The first kappa shape index (κ1) is 10.1. The van der Waals surface area contributed by atoms with Gasteiger partial charge in [0.1, 0.15) is 0 Å². The summed E-state index contributed by atoms with van der Waals surface area (Å²) in [6, 6.07) is 14.5. The molecule has 1 aliphatic rings. The standard InChI is InChI=1S/C15H11BO2/c17-16(18)13-8-11-5-4-9-2-1-3-10-6-7-12(13)15(11)14(9)10/h1-8,13,17-18H. The first-order chi connectivity index (χ1) is 8.75. The average molecular weight is 234 g/mol. The second-order valence-corrected chi connectivity index (χ2v) is 4.87. The molecular formula is C15H11BO2. The third kappa shape index (κ3) is 1.15. The quantitative estimate of drug-likeness (QED) is 0.628. The highest BCUT2D eigenvalue weighted by atomic mass is 16.4. The van der Waals surface area contributed by atoms with Crippen molar-refractivity contribution in [2.75, 3.05) is 0 Å². The zero-order chi connectivity index (χ0) is 12.3. The molecule has 1 unspecified atom stereocenters. The topological polar surface area (TPSA) is 40.5 Å². The summed E-state index contributed by atoms with van der Waals surface area (Å²) < 4.78 is 0. The lowest BCUT2D eigenvalue weighted by atomic mass is 9.70. The molecule has 18 heavy (non-hydrogen) atoms. The van der Waals surface area contributed by atoms with Gasteiger partial charge in [-0.25, -0.2) is 0 Å². The van der Waals surface area contributed by atoms with Crippen LogP contribution in [0.15, 0.2) is 42.5 Å². The van der Waals surface area contributed by atoms with Crippen LogP contribution in [-0.4, -0.2) is 17.2 Å². The van der Waals surface area contributed by atoms with E-state index in [-0.39, 0.29) is 5.82 Å². The number of hydrogen-bond donors (Lipinski definition) is 2. The summed E-state index contributed by atoms with van der Waals surface area (Å²) in [7, 11) is -1.34. The Morgan fingerprint density at radius 1 is 0.833 bits per heavy atom. The molecule has 0 saturated carbocycles. The van der Waals surface area contributed by atoms with Gasteiger partial charge in [-0.2, -0.15) is 0 Å². The van der Waals surface area contributed by atoms with Gasteiger partial charge >= 0.3 is 7.12 Å². The van der Waals surface area contributed by atoms with E-state index >= 15 is 0 Å². The molecule has 2 N–H and O–H groups in total. The molecule has 0 heterocycles. The summed E-state index contributed by atoms with van der Waals surface area (Å²) in [4.78, 5) is 0. The molecule has 0 bridgehead atoms. The fourth-order valence-corrected chi connectivity index (χ4v) is 3.08. The van der Waals surface area contributed by atoms with Crippen molar-refractivity contribution in [3.05, 3.63) is 53.2 Å². The predicted molar refractivity (Wildman–Crippen MR) is 74.1 cm³/mol. The lowest BCUT2D eigenvalue weighted by Crippen LogP contribution is -2.20. The van der Waals surface area contributed by atoms with E-state index in [0.29, 0.717) is 0 Å². The maximum Gasteiger partial charge on any atom is 0.463 e. The molecule has 1 atom stereocenters. The van der Waals surface area contributed by atoms with E-state index in [1.807, 2.05) is 12.1 Å². The minimum atomic E-state index is -1.34. The molecule has 0 radical (unpaired) electrons.